The van der Waals surface area contributed by atoms with Crippen LogP contribution in [0.15, 0.2) is 72.8 Å². The van der Waals surface area contributed by atoms with E-state index in [1.807, 2.05) is 39.0 Å². The predicted octanol–water partition coefficient (Wildman–Crippen LogP) is 7.15. The van der Waals surface area contributed by atoms with E-state index in [1.165, 1.54) is 11.1 Å². The van der Waals surface area contributed by atoms with Crippen LogP contribution in [0.3, 0.4) is 0 Å². The highest BCUT2D eigenvalue weighted by atomic mass is 16.2. The number of carbonyl (C=O) groups is 1. The van der Waals surface area contributed by atoms with Crippen molar-refractivity contribution in [3.8, 4) is 0 Å². The van der Waals surface area contributed by atoms with Gasteiger partial charge in [-0.25, -0.2) is 0 Å². The van der Waals surface area contributed by atoms with E-state index in [-0.39, 0.29) is 5.91 Å². The van der Waals surface area contributed by atoms with Crippen molar-refractivity contribution < 1.29 is 4.79 Å². The van der Waals surface area contributed by atoms with Crippen LogP contribution in [0.25, 0.3) is 0 Å². The molecule has 0 unspecified atom stereocenters. The Morgan fingerprint density at radius 2 is 1.34 bits per heavy atom. The van der Waals surface area contributed by atoms with Gasteiger partial charge in [0.15, 0.2) is 0 Å². The number of anilines is 4. The van der Waals surface area contributed by atoms with E-state index in [2.05, 4.69) is 78.7 Å². The summed E-state index contributed by atoms with van der Waals surface area (Å²) in [6.07, 6.45) is 0.789. The molecule has 0 aliphatic heterocycles. The molecule has 0 atom stereocenters. The van der Waals surface area contributed by atoms with Gasteiger partial charge < -0.3 is 10.2 Å². The molecule has 3 heteroatoms. The predicted molar refractivity (Wildman–Crippen MR) is 123 cm³/mol. The molecule has 0 fully saturated rings. The van der Waals surface area contributed by atoms with Crippen LogP contribution >= 0.6 is 0 Å². The summed E-state index contributed by atoms with van der Waals surface area (Å²) in [5.41, 5.74) is 6.02. The summed E-state index contributed by atoms with van der Waals surface area (Å²) in [6, 6.07) is 25.0. The highest BCUT2D eigenvalue weighted by Crippen LogP contribution is 2.36. The topological polar surface area (TPSA) is 32.3 Å². The Hall–Kier alpha value is -3.07. The minimum atomic E-state index is -0.399. The molecule has 0 saturated carbocycles. The average Bonchev–Trinajstić information content (AvgIpc) is 2.71. The molecule has 29 heavy (non-hydrogen) atoms. The molecule has 150 valence electrons. The van der Waals surface area contributed by atoms with Crippen LogP contribution in [0, 0.1) is 19.3 Å². The highest BCUT2D eigenvalue weighted by Gasteiger charge is 2.25. The van der Waals surface area contributed by atoms with Crippen molar-refractivity contribution in [2.75, 3.05) is 10.2 Å². The van der Waals surface area contributed by atoms with Crippen molar-refractivity contribution in [3.05, 3.63) is 83.9 Å². The Morgan fingerprint density at radius 1 is 0.828 bits per heavy atom. The van der Waals surface area contributed by atoms with Crippen LogP contribution < -0.4 is 10.2 Å². The number of nitrogens with zero attached hydrogens (tertiary/aromatic N) is 1. The number of hydrogen-bond donors (Lipinski definition) is 1. The largest absolute Gasteiger partial charge is 0.326 e. The van der Waals surface area contributed by atoms with Gasteiger partial charge in [0.05, 0.1) is 0 Å². The van der Waals surface area contributed by atoms with E-state index in [9.17, 15) is 4.79 Å². The smallest absolute Gasteiger partial charge is 0.230 e. The molecular weight excluding hydrogens is 356 g/mol. The van der Waals surface area contributed by atoms with Gasteiger partial charge in [0.1, 0.15) is 0 Å². The van der Waals surface area contributed by atoms with Crippen LogP contribution in [-0.4, -0.2) is 5.91 Å². The zero-order valence-corrected chi connectivity index (χ0v) is 18.0. The zero-order chi connectivity index (χ0) is 21.0. The summed E-state index contributed by atoms with van der Waals surface area (Å²) < 4.78 is 0. The van der Waals surface area contributed by atoms with Gasteiger partial charge >= 0.3 is 0 Å². The summed E-state index contributed by atoms with van der Waals surface area (Å²) >= 11 is 0. The maximum Gasteiger partial charge on any atom is 0.230 e. The fourth-order valence-electron chi connectivity index (χ4n) is 3.02. The van der Waals surface area contributed by atoms with Gasteiger partial charge in [-0.1, -0.05) is 62.2 Å². The van der Waals surface area contributed by atoms with Crippen LogP contribution in [0.4, 0.5) is 22.7 Å². The Morgan fingerprint density at radius 3 is 1.83 bits per heavy atom. The third-order valence-electron chi connectivity index (χ3n) is 5.45. The molecule has 1 amide bonds. The first-order valence-electron chi connectivity index (χ1n) is 10.1. The van der Waals surface area contributed by atoms with E-state index in [0.717, 1.165) is 29.2 Å². The van der Waals surface area contributed by atoms with Crippen molar-refractivity contribution in [1.29, 1.82) is 0 Å². The van der Waals surface area contributed by atoms with Crippen LogP contribution in [-0.2, 0) is 4.79 Å². The molecule has 3 aromatic rings. The monoisotopic (exact) mass is 386 g/mol. The summed E-state index contributed by atoms with van der Waals surface area (Å²) in [6.45, 7) is 10.2. The molecular formula is C26H30N2O. The Kier molecular flexibility index (Phi) is 6.07. The van der Waals surface area contributed by atoms with E-state index < -0.39 is 5.41 Å². The lowest BCUT2D eigenvalue weighted by Crippen LogP contribution is -2.30. The molecule has 0 bridgehead atoms. The standard InChI is InChI=1S/C26H30N2O/c1-6-26(4,5)25(29)27-21-8-7-9-24(18-21)28(22-14-10-19(2)11-15-22)23-16-12-20(3)13-17-23/h7-18H,6H2,1-5H3,(H,27,29). The van der Waals surface area contributed by atoms with E-state index in [0.29, 0.717) is 0 Å². The van der Waals surface area contributed by atoms with Gasteiger partial charge in [-0.15, -0.1) is 0 Å². The molecule has 0 spiro atoms. The normalized spacial score (nSPS) is 11.2. The Labute approximate surface area is 174 Å². The second-order valence-electron chi connectivity index (χ2n) is 8.25. The van der Waals surface area contributed by atoms with Crippen molar-refractivity contribution in [2.45, 2.75) is 41.0 Å². The first kappa shape index (κ1) is 20.7. The van der Waals surface area contributed by atoms with Gasteiger partial charge in [0.2, 0.25) is 5.91 Å². The quantitative estimate of drug-likeness (QED) is 0.488. The molecule has 3 nitrogen and oxygen atoms in total. The lowest BCUT2D eigenvalue weighted by Gasteiger charge is -2.27. The molecule has 3 aromatic carbocycles. The van der Waals surface area contributed by atoms with Crippen LogP contribution in [0.1, 0.15) is 38.3 Å². The number of nitrogens with one attached hydrogen (secondary N) is 1. The SMILES string of the molecule is CCC(C)(C)C(=O)Nc1cccc(N(c2ccc(C)cc2)c2ccc(C)cc2)c1. The summed E-state index contributed by atoms with van der Waals surface area (Å²) in [7, 11) is 0. The first-order chi connectivity index (χ1) is 13.8. The number of hydrogen-bond acceptors (Lipinski definition) is 2. The third kappa shape index (κ3) is 4.86. The maximum atomic E-state index is 12.6. The van der Waals surface area contributed by atoms with Crippen molar-refractivity contribution in [1.82, 2.24) is 0 Å². The second-order valence-corrected chi connectivity index (χ2v) is 8.25. The van der Waals surface area contributed by atoms with Gasteiger partial charge in [0.25, 0.3) is 0 Å². The van der Waals surface area contributed by atoms with Gasteiger partial charge in [-0.2, -0.15) is 0 Å². The minimum Gasteiger partial charge on any atom is -0.326 e. The van der Waals surface area contributed by atoms with Crippen LogP contribution in [0.2, 0.25) is 0 Å². The molecule has 0 aromatic heterocycles. The molecule has 0 aliphatic rings. The lowest BCUT2D eigenvalue weighted by molar-refractivity contribution is -0.124. The molecule has 1 N–H and O–H groups in total. The lowest BCUT2D eigenvalue weighted by atomic mass is 9.89. The van der Waals surface area contributed by atoms with E-state index >= 15 is 0 Å². The highest BCUT2D eigenvalue weighted by molar-refractivity contribution is 5.95. The fourth-order valence-corrected chi connectivity index (χ4v) is 3.02. The van der Waals surface area contributed by atoms with E-state index in [4.69, 9.17) is 0 Å². The molecule has 0 heterocycles. The fraction of sp³-hybridized carbons (Fsp3) is 0.269. The van der Waals surface area contributed by atoms with Crippen molar-refractivity contribution in [3.63, 3.8) is 0 Å². The van der Waals surface area contributed by atoms with Gasteiger partial charge in [-0.05, 0) is 62.7 Å². The maximum absolute atomic E-state index is 12.6. The Balaban J connectivity index is 2.01. The number of rotatable bonds is 6. The van der Waals surface area contributed by atoms with E-state index in [1.54, 1.807) is 0 Å². The summed E-state index contributed by atoms with van der Waals surface area (Å²) in [4.78, 5) is 14.8. The molecule has 3 rings (SSSR count). The van der Waals surface area contributed by atoms with Crippen LogP contribution in [0.5, 0.6) is 0 Å². The second kappa shape index (κ2) is 8.52. The molecule has 0 radical (unpaired) electrons. The molecule has 0 saturated heterocycles. The number of amides is 1. The Bertz CT molecular complexity index is 927. The number of aryl methyl sites for hydroxylation is 2. The minimum absolute atomic E-state index is 0.0365. The third-order valence-corrected chi connectivity index (χ3v) is 5.45. The summed E-state index contributed by atoms with van der Waals surface area (Å²) in [5, 5.41) is 3.08. The average molecular weight is 387 g/mol. The van der Waals surface area contributed by atoms with Crippen molar-refractivity contribution >= 4 is 28.7 Å². The summed E-state index contributed by atoms with van der Waals surface area (Å²) in [5.74, 6) is 0.0365. The van der Waals surface area contributed by atoms with Gasteiger partial charge in [-0.3, -0.25) is 4.79 Å². The first-order valence-corrected chi connectivity index (χ1v) is 10.1. The molecule has 0 aliphatic carbocycles. The number of carbonyl (C=O) groups excluding carboxylic acids is 1. The number of benzene rings is 3. The van der Waals surface area contributed by atoms with Crippen molar-refractivity contribution in [2.24, 2.45) is 5.41 Å². The zero-order valence-electron chi connectivity index (χ0n) is 18.0. The van der Waals surface area contributed by atoms with Gasteiger partial charge in [0, 0.05) is 28.2 Å².